The molecule has 23 heavy (non-hydrogen) atoms. The highest BCUT2D eigenvalue weighted by molar-refractivity contribution is 7.16. The monoisotopic (exact) mass is 332 g/mol. The van der Waals surface area contributed by atoms with Crippen LogP contribution in [0.3, 0.4) is 0 Å². The summed E-state index contributed by atoms with van der Waals surface area (Å²) in [4.78, 5) is 18.5. The molecule has 0 spiro atoms. The van der Waals surface area contributed by atoms with Crippen LogP contribution in [0.4, 0.5) is 5.00 Å². The van der Waals surface area contributed by atoms with Gasteiger partial charge in [0.2, 0.25) is 0 Å². The average molecular weight is 332 g/mol. The Hall–Kier alpha value is -1.59. The summed E-state index contributed by atoms with van der Waals surface area (Å²) in [5.41, 5.74) is 2.61. The smallest absolute Gasteiger partial charge is 0.295 e. The van der Waals surface area contributed by atoms with Gasteiger partial charge in [0, 0.05) is 23.0 Å². The molecular weight excluding hydrogens is 308 g/mol. The molecule has 4 nitrogen and oxygen atoms in total. The second kappa shape index (κ2) is 6.49. The summed E-state index contributed by atoms with van der Waals surface area (Å²) >= 11 is 1.72. The molecule has 0 saturated heterocycles. The van der Waals surface area contributed by atoms with Crippen LogP contribution in [0.25, 0.3) is 0 Å². The van der Waals surface area contributed by atoms with Crippen molar-refractivity contribution < 1.29 is 9.21 Å². The van der Waals surface area contributed by atoms with Gasteiger partial charge in [-0.25, -0.2) is 0 Å². The SMILES string of the molecule is CCC(CC)N1Cc2c(sc(C)c2C)N(C(=O)c2ccco2)C1. The number of aryl methyl sites for hydroxylation is 1. The molecular formula is C18H24N2O2S. The molecule has 0 aliphatic carbocycles. The zero-order valence-corrected chi connectivity index (χ0v) is 15.1. The third-order valence-corrected chi connectivity index (χ3v) is 6.13. The third-order valence-electron chi connectivity index (χ3n) is 4.85. The number of carbonyl (C=O) groups is 1. The van der Waals surface area contributed by atoms with Crippen molar-refractivity contribution >= 4 is 22.2 Å². The van der Waals surface area contributed by atoms with E-state index < -0.39 is 0 Å². The molecule has 0 bridgehead atoms. The molecule has 0 saturated carbocycles. The van der Waals surface area contributed by atoms with Crippen molar-refractivity contribution in [1.29, 1.82) is 0 Å². The molecule has 0 fully saturated rings. The Morgan fingerprint density at radius 3 is 2.70 bits per heavy atom. The number of fused-ring (bicyclic) bond motifs is 1. The third kappa shape index (κ3) is 2.83. The molecule has 0 atom stereocenters. The molecule has 0 unspecified atom stereocenters. The van der Waals surface area contributed by atoms with Gasteiger partial charge in [0.25, 0.3) is 5.91 Å². The fourth-order valence-corrected chi connectivity index (χ4v) is 4.46. The van der Waals surface area contributed by atoms with E-state index >= 15 is 0 Å². The molecule has 1 amide bonds. The Labute approximate surface area is 141 Å². The van der Waals surface area contributed by atoms with Gasteiger partial charge in [0.05, 0.1) is 12.9 Å². The van der Waals surface area contributed by atoms with E-state index in [1.165, 1.54) is 16.0 Å². The topological polar surface area (TPSA) is 36.7 Å². The number of hydrogen-bond acceptors (Lipinski definition) is 4. The molecule has 2 aromatic heterocycles. The number of carbonyl (C=O) groups excluding carboxylic acids is 1. The quantitative estimate of drug-likeness (QED) is 0.823. The van der Waals surface area contributed by atoms with E-state index in [2.05, 4.69) is 32.6 Å². The summed E-state index contributed by atoms with van der Waals surface area (Å²) in [5, 5.41) is 1.09. The first-order valence-corrected chi connectivity index (χ1v) is 9.06. The van der Waals surface area contributed by atoms with Crippen LogP contribution in [0.5, 0.6) is 0 Å². The standard InChI is InChI=1S/C18H24N2O2S/c1-5-14(6-2)19-10-15-12(3)13(4)23-18(15)20(11-19)17(21)16-8-7-9-22-16/h7-9,14H,5-6,10-11H2,1-4H3. The number of thiophene rings is 1. The van der Waals surface area contributed by atoms with Crippen LogP contribution < -0.4 is 4.90 Å². The molecule has 3 rings (SSSR count). The van der Waals surface area contributed by atoms with Crippen molar-refractivity contribution in [1.82, 2.24) is 4.90 Å². The van der Waals surface area contributed by atoms with E-state index in [1.54, 1.807) is 29.7 Å². The molecule has 2 aromatic rings. The zero-order valence-electron chi connectivity index (χ0n) is 14.3. The first kappa shape index (κ1) is 16.3. The van der Waals surface area contributed by atoms with Crippen LogP contribution >= 0.6 is 11.3 Å². The molecule has 0 radical (unpaired) electrons. The van der Waals surface area contributed by atoms with Gasteiger partial charge in [-0.2, -0.15) is 0 Å². The molecule has 1 aliphatic rings. The Balaban J connectivity index is 2.00. The van der Waals surface area contributed by atoms with Gasteiger partial charge in [-0.1, -0.05) is 13.8 Å². The van der Waals surface area contributed by atoms with E-state index in [4.69, 9.17) is 4.42 Å². The van der Waals surface area contributed by atoms with E-state index in [1.807, 2.05) is 4.90 Å². The summed E-state index contributed by atoms with van der Waals surface area (Å²) in [7, 11) is 0. The number of amides is 1. The summed E-state index contributed by atoms with van der Waals surface area (Å²) in [6.45, 7) is 10.3. The minimum absolute atomic E-state index is 0.0480. The van der Waals surface area contributed by atoms with E-state index in [0.717, 1.165) is 24.4 Å². The van der Waals surface area contributed by atoms with Gasteiger partial charge < -0.3 is 4.42 Å². The zero-order chi connectivity index (χ0) is 16.6. The molecule has 1 aliphatic heterocycles. The van der Waals surface area contributed by atoms with Crippen LogP contribution in [0.1, 0.15) is 53.2 Å². The van der Waals surface area contributed by atoms with Crippen LogP contribution in [-0.4, -0.2) is 23.5 Å². The summed E-state index contributed by atoms with van der Waals surface area (Å²) in [6, 6.07) is 4.00. The van der Waals surface area contributed by atoms with Crippen LogP contribution in [0.15, 0.2) is 22.8 Å². The lowest BCUT2D eigenvalue weighted by atomic mass is 10.1. The maximum Gasteiger partial charge on any atom is 0.295 e. The van der Waals surface area contributed by atoms with Gasteiger partial charge in [-0.05, 0) is 44.4 Å². The van der Waals surface area contributed by atoms with Crippen molar-refractivity contribution in [2.24, 2.45) is 0 Å². The first-order valence-electron chi connectivity index (χ1n) is 8.25. The van der Waals surface area contributed by atoms with Crippen LogP contribution in [0, 0.1) is 13.8 Å². The fourth-order valence-electron chi connectivity index (χ4n) is 3.30. The summed E-state index contributed by atoms with van der Waals surface area (Å²) < 4.78 is 5.34. The van der Waals surface area contributed by atoms with Crippen molar-refractivity contribution in [3.63, 3.8) is 0 Å². The Morgan fingerprint density at radius 2 is 2.09 bits per heavy atom. The minimum atomic E-state index is -0.0480. The van der Waals surface area contributed by atoms with Gasteiger partial charge in [0.1, 0.15) is 5.00 Å². The summed E-state index contributed by atoms with van der Waals surface area (Å²) in [6.07, 6.45) is 3.75. The lowest BCUT2D eigenvalue weighted by molar-refractivity contribution is 0.0907. The largest absolute Gasteiger partial charge is 0.459 e. The molecule has 0 N–H and O–H groups in total. The van der Waals surface area contributed by atoms with E-state index in [0.29, 0.717) is 18.5 Å². The first-order chi connectivity index (χ1) is 11.1. The normalized spacial score (nSPS) is 15.3. The Kier molecular flexibility index (Phi) is 4.60. The average Bonchev–Trinajstić information content (AvgIpc) is 3.18. The van der Waals surface area contributed by atoms with Crippen molar-refractivity contribution in [2.75, 3.05) is 11.6 Å². The predicted octanol–water partition coefficient (Wildman–Crippen LogP) is 4.57. The van der Waals surface area contributed by atoms with Gasteiger partial charge >= 0.3 is 0 Å². The van der Waals surface area contributed by atoms with Crippen molar-refractivity contribution in [3.05, 3.63) is 40.2 Å². The number of nitrogens with zero attached hydrogens (tertiary/aromatic N) is 2. The minimum Gasteiger partial charge on any atom is -0.459 e. The highest BCUT2D eigenvalue weighted by atomic mass is 32.1. The Morgan fingerprint density at radius 1 is 1.35 bits per heavy atom. The van der Waals surface area contributed by atoms with Crippen LogP contribution in [-0.2, 0) is 6.54 Å². The summed E-state index contributed by atoms with van der Waals surface area (Å²) in [5.74, 6) is 0.360. The maximum absolute atomic E-state index is 12.9. The predicted molar refractivity (Wildman–Crippen MR) is 94.1 cm³/mol. The van der Waals surface area contributed by atoms with Gasteiger partial charge in [-0.15, -0.1) is 11.3 Å². The van der Waals surface area contributed by atoms with E-state index in [-0.39, 0.29) is 5.91 Å². The Bertz CT molecular complexity index is 686. The molecule has 3 heterocycles. The van der Waals surface area contributed by atoms with Crippen molar-refractivity contribution in [2.45, 2.75) is 53.1 Å². The fraction of sp³-hybridized carbons (Fsp3) is 0.500. The van der Waals surface area contributed by atoms with Crippen molar-refractivity contribution in [3.8, 4) is 0 Å². The second-order valence-electron chi connectivity index (χ2n) is 6.14. The highest BCUT2D eigenvalue weighted by Crippen LogP contribution is 2.40. The second-order valence-corrected chi connectivity index (χ2v) is 7.34. The molecule has 5 heteroatoms. The lowest BCUT2D eigenvalue weighted by Gasteiger charge is -2.39. The van der Waals surface area contributed by atoms with Gasteiger partial charge in [0.15, 0.2) is 5.76 Å². The maximum atomic E-state index is 12.9. The highest BCUT2D eigenvalue weighted by Gasteiger charge is 2.34. The molecule has 0 aromatic carbocycles. The number of hydrogen-bond donors (Lipinski definition) is 0. The van der Waals surface area contributed by atoms with Crippen LogP contribution in [0.2, 0.25) is 0 Å². The van der Waals surface area contributed by atoms with Gasteiger partial charge in [-0.3, -0.25) is 14.6 Å². The van der Waals surface area contributed by atoms with E-state index in [9.17, 15) is 4.79 Å². The number of anilines is 1. The molecule has 124 valence electrons. The number of furan rings is 1. The lowest BCUT2D eigenvalue weighted by Crippen LogP contribution is -2.48. The number of rotatable bonds is 4.